The number of aliphatic imine (C=N–C) groups is 1. The molecule has 1 heterocycles. The number of benzene rings is 2. The highest BCUT2D eigenvalue weighted by Gasteiger charge is 2.20. The van der Waals surface area contributed by atoms with Gasteiger partial charge in [-0.05, 0) is 48.2 Å². The Morgan fingerprint density at radius 1 is 1.18 bits per heavy atom. The van der Waals surface area contributed by atoms with Crippen LogP contribution in [0, 0.1) is 12.3 Å². The fourth-order valence-electron chi connectivity index (χ4n) is 3.60. The lowest BCUT2D eigenvalue weighted by molar-refractivity contribution is -0.145. The van der Waals surface area contributed by atoms with E-state index in [1.807, 2.05) is 18.2 Å². The van der Waals surface area contributed by atoms with Crippen LogP contribution in [-0.2, 0) is 22.5 Å². The molecule has 7 heteroatoms. The lowest BCUT2D eigenvalue weighted by Gasteiger charge is -2.28. The Kier molecular flexibility index (Phi) is 8.62. The fraction of sp³-hybridized carbons (Fsp3) is 0.346. The van der Waals surface area contributed by atoms with Crippen molar-refractivity contribution in [2.24, 2.45) is 10.7 Å². The van der Waals surface area contributed by atoms with Gasteiger partial charge in [0.25, 0.3) is 5.91 Å². The molecular weight excluding hydrogens is 416 g/mol. The van der Waals surface area contributed by atoms with Crippen molar-refractivity contribution in [3.05, 3.63) is 64.7 Å². The normalized spacial score (nSPS) is 13.6. The van der Waals surface area contributed by atoms with Crippen LogP contribution in [0.4, 0.5) is 5.69 Å². The summed E-state index contributed by atoms with van der Waals surface area (Å²) in [6, 6.07) is 12.8. The zero-order valence-corrected chi connectivity index (χ0v) is 19.0. The number of esters is 1. The molecule has 1 amide bonds. The second-order valence-corrected chi connectivity index (χ2v) is 7.96. The van der Waals surface area contributed by atoms with Crippen LogP contribution >= 0.6 is 0 Å². The maximum Gasteiger partial charge on any atom is 0.320 e. The van der Waals surface area contributed by atoms with Gasteiger partial charge in [-0.2, -0.15) is 0 Å². The van der Waals surface area contributed by atoms with Gasteiger partial charge < -0.3 is 15.8 Å². The zero-order valence-electron chi connectivity index (χ0n) is 19.0. The van der Waals surface area contributed by atoms with Crippen molar-refractivity contribution in [2.75, 3.05) is 31.6 Å². The van der Waals surface area contributed by atoms with Crippen molar-refractivity contribution in [1.29, 1.82) is 0 Å². The summed E-state index contributed by atoms with van der Waals surface area (Å²) in [6.45, 7) is 4.53. The number of nitrogens with one attached hydrogen (secondary N) is 1. The van der Waals surface area contributed by atoms with E-state index in [-0.39, 0.29) is 18.4 Å². The molecular formula is C26H30N4O3. The minimum atomic E-state index is -0.201. The standard InChI is InChI=1S/C26H30N4O3/c1-3-5-15-33-24(31)18-30-14-12-21-16-23(11-10-22(21)17-30)29-26(32)20-8-6-19(7-9-20)25(27)28-13-4-2/h2,6-11,16H,3,5,12-15,17-18H2,1H3,(H2,27,28)(H,29,32). The predicted molar refractivity (Wildman–Crippen MR) is 130 cm³/mol. The molecule has 0 spiro atoms. The van der Waals surface area contributed by atoms with Crippen LogP contribution in [0.5, 0.6) is 0 Å². The largest absolute Gasteiger partial charge is 0.465 e. The molecule has 7 nitrogen and oxygen atoms in total. The predicted octanol–water partition coefficient (Wildman–Crippen LogP) is 2.98. The van der Waals surface area contributed by atoms with Crippen LogP contribution in [-0.4, -0.2) is 48.9 Å². The van der Waals surface area contributed by atoms with Crippen molar-refractivity contribution in [3.8, 4) is 12.3 Å². The van der Waals surface area contributed by atoms with Crippen LogP contribution in [0.3, 0.4) is 0 Å². The molecule has 172 valence electrons. The number of amidine groups is 1. The highest BCUT2D eigenvalue weighted by atomic mass is 16.5. The quantitative estimate of drug-likeness (QED) is 0.203. The summed E-state index contributed by atoms with van der Waals surface area (Å²) in [4.78, 5) is 30.8. The Morgan fingerprint density at radius 3 is 2.67 bits per heavy atom. The zero-order chi connectivity index (χ0) is 23.6. The van der Waals surface area contributed by atoms with E-state index in [0.29, 0.717) is 31.1 Å². The van der Waals surface area contributed by atoms with E-state index < -0.39 is 0 Å². The number of nitrogens with zero attached hydrogens (tertiary/aromatic N) is 2. The number of ether oxygens (including phenoxy) is 1. The van der Waals surface area contributed by atoms with Gasteiger partial charge in [-0.1, -0.05) is 37.5 Å². The number of amides is 1. The summed E-state index contributed by atoms with van der Waals surface area (Å²) in [5.74, 6) is 2.38. The number of carbonyl (C=O) groups is 2. The minimum absolute atomic E-state index is 0.175. The third-order valence-corrected chi connectivity index (χ3v) is 5.45. The lowest BCUT2D eigenvalue weighted by Crippen LogP contribution is -2.35. The average Bonchev–Trinajstić information content (AvgIpc) is 2.82. The molecule has 0 bridgehead atoms. The second kappa shape index (κ2) is 11.8. The maximum absolute atomic E-state index is 12.7. The number of fused-ring (bicyclic) bond motifs is 1. The van der Waals surface area contributed by atoms with Crippen LogP contribution < -0.4 is 11.1 Å². The van der Waals surface area contributed by atoms with Gasteiger partial charge in [-0.25, -0.2) is 0 Å². The van der Waals surface area contributed by atoms with Gasteiger partial charge in [-0.15, -0.1) is 6.42 Å². The van der Waals surface area contributed by atoms with E-state index in [0.717, 1.165) is 42.6 Å². The van der Waals surface area contributed by atoms with Crippen LogP contribution in [0.2, 0.25) is 0 Å². The lowest BCUT2D eigenvalue weighted by atomic mass is 9.99. The number of rotatable bonds is 9. The van der Waals surface area contributed by atoms with Crippen molar-refractivity contribution >= 4 is 23.4 Å². The number of carbonyl (C=O) groups excluding carboxylic acids is 2. The van der Waals surface area contributed by atoms with Crippen molar-refractivity contribution in [1.82, 2.24) is 4.90 Å². The fourth-order valence-corrected chi connectivity index (χ4v) is 3.60. The molecule has 3 rings (SSSR count). The minimum Gasteiger partial charge on any atom is -0.465 e. The first-order valence-corrected chi connectivity index (χ1v) is 11.1. The van der Waals surface area contributed by atoms with Gasteiger partial charge >= 0.3 is 5.97 Å². The number of nitrogens with two attached hydrogens (primary N) is 1. The summed E-state index contributed by atoms with van der Waals surface area (Å²) >= 11 is 0. The third kappa shape index (κ3) is 6.93. The van der Waals surface area contributed by atoms with E-state index in [2.05, 4.69) is 28.1 Å². The Labute approximate surface area is 195 Å². The SMILES string of the molecule is C#CCN=C(N)c1ccc(C(=O)Nc2ccc3c(c2)CCN(CC(=O)OCCCC)C3)cc1. The summed E-state index contributed by atoms with van der Waals surface area (Å²) in [6.07, 6.45) is 7.90. The molecule has 0 saturated heterocycles. The highest BCUT2D eigenvalue weighted by Crippen LogP contribution is 2.23. The number of unbranched alkanes of at least 4 members (excludes halogenated alkanes) is 1. The molecule has 0 radical (unpaired) electrons. The number of hydrogen-bond acceptors (Lipinski definition) is 5. The van der Waals surface area contributed by atoms with Gasteiger partial charge in [0, 0.05) is 29.9 Å². The molecule has 0 aromatic heterocycles. The van der Waals surface area contributed by atoms with E-state index >= 15 is 0 Å². The molecule has 0 saturated carbocycles. The van der Waals surface area contributed by atoms with Crippen molar-refractivity contribution in [2.45, 2.75) is 32.7 Å². The average molecular weight is 447 g/mol. The van der Waals surface area contributed by atoms with Crippen LogP contribution in [0.1, 0.15) is 46.8 Å². The molecule has 3 N–H and O–H groups in total. The summed E-state index contributed by atoms with van der Waals surface area (Å²) < 4.78 is 5.27. The van der Waals surface area contributed by atoms with Gasteiger partial charge in [0.15, 0.2) is 0 Å². The van der Waals surface area contributed by atoms with E-state index in [9.17, 15) is 9.59 Å². The van der Waals surface area contributed by atoms with Gasteiger partial charge in [0.05, 0.1) is 13.2 Å². The molecule has 2 aromatic carbocycles. The molecule has 33 heavy (non-hydrogen) atoms. The first kappa shape index (κ1) is 24.0. The number of hydrogen-bond donors (Lipinski definition) is 2. The summed E-state index contributed by atoms with van der Waals surface area (Å²) in [5.41, 5.74) is 10.2. The Balaban J connectivity index is 1.57. The molecule has 0 fully saturated rings. The molecule has 1 aliphatic heterocycles. The van der Waals surface area contributed by atoms with E-state index in [1.54, 1.807) is 24.3 Å². The molecule has 0 atom stereocenters. The van der Waals surface area contributed by atoms with Gasteiger partial charge in [0.1, 0.15) is 12.4 Å². The first-order chi connectivity index (χ1) is 16.0. The Hall–Kier alpha value is -3.63. The summed E-state index contributed by atoms with van der Waals surface area (Å²) in [7, 11) is 0. The monoisotopic (exact) mass is 446 g/mol. The van der Waals surface area contributed by atoms with Gasteiger partial charge in [-0.3, -0.25) is 19.5 Å². The summed E-state index contributed by atoms with van der Waals surface area (Å²) in [5, 5.41) is 2.95. The molecule has 1 aliphatic rings. The molecule has 0 aliphatic carbocycles. The number of anilines is 1. The smallest absolute Gasteiger partial charge is 0.320 e. The Morgan fingerprint density at radius 2 is 1.94 bits per heavy atom. The number of terminal acetylenes is 1. The van der Waals surface area contributed by atoms with Crippen LogP contribution in [0.25, 0.3) is 0 Å². The maximum atomic E-state index is 12.7. The molecule has 2 aromatic rings. The second-order valence-electron chi connectivity index (χ2n) is 7.96. The van der Waals surface area contributed by atoms with Crippen molar-refractivity contribution < 1.29 is 14.3 Å². The van der Waals surface area contributed by atoms with Gasteiger partial charge in [0.2, 0.25) is 0 Å². The van der Waals surface area contributed by atoms with E-state index in [1.165, 1.54) is 5.56 Å². The first-order valence-electron chi connectivity index (χ1n) is 11.1. The highest BCUT2D eigenvalue weighted by molar-refractivity contribution is 6.05. The Bertz CT molecular complexity index is 1050. The topological polar surface area (TPSA) is 97.0 Å². The molecule has 0 unspecified atom stereocenters. The van der Waals surface area contributed by atoms with E-state index in [4.69, 9.17) is 16.9 Å². The van der Waals surface area contributed by atoms with Crippen LogP contribution in [0.15, 0.2) is 47.5 Å². The van der Waals surface area contributed by atoms with Crippen molar-refractivity contribution in [3.63, 3.8) is 0 Å². The third-order valence-electron chi connectivity index (χ3n) is 5.45.